The zero-order valence-corrected chi connectivity index (χ0v) is 18.6. The summed E-state index contributed by atoms with van der Waals surface area (Å²) in [6, 6.07) is 9.57. The molecular formula is C21H32N6O4. The van der Waals surface area contributed by atoms with E-state index in [1.54, 1.807) is 7.11 Å². The number of quaternary nitrogens is 1. The molecule has 1 aromatic heterocycles. The molecule has 0 aliphatic carbocycles. The third kappa shape index (κ3) is 4.86. The molecule has 10 heteroatoms. The summed E-state index contributed by atoms with van der Waals surface area (Å²) >= 11 is 0. The molecule has 10 nitrogen and oxygen atoms in total. The number of hydroxylamine groups is 3. The van der Waals surface area contributed by atoms with Crippen LogP contribution in [0.4, 0.5) is 5.69 Å². The predicted octanol–water partition coefficient (Wildman–Crippen LogP) is 1.40. The van der Waals surface area contributed by atoms with E-state index in [0.29, 0.717) is 45.5 Å². The number of benzene rings is 1. The summed E-state index contributed by atoms with van der Waals surface area (Å²) in [6.07, 6.45) is 1.40. The largest absolute Gasteiger partial charge is 0.633 e. The van der Waals surface area contributed by atoms with Crippen LogP contribution >= 0.6 is 0 Å². The summed E-state index contributed by atoms with van der Waals surface area (Å²) in [7, 11) is 1.62. The molecule has 2 heterocycles. The second-order valence-corrected chi connectivity index (χ2v) is 8.10. The number of carbonyl (C=O) groups is 1. The van der Waals surface area contributed by atoms with Gasteiger partial charge < -0.3 is 19.5 Å². The predicted molar refractivity (Wildman–Crippen MR) is 116 cm³/mol. The number of amides is 1. The van der Waals surface area contributed by atoms with Crippen LogP contribution in [0.1, 0.15) is 33.1 Å². The molecule has 0 saturated carbocycles. The van der Waals surface area contributed by atoms with Crippen LogP contribution in [0.2, 0.25) is 0 Å². The van der Waals surface area contributed by atoms with Crippen molar-refractivity contribution in [2.24, 2.45) is 0 Å². The number of hydrogen-bond acceptors (Lipinski definition) is 6. The van der Waals surface area contributed by atoms with Crippen LogP contribution in [0.5, 0.6) is 0 Å². The van der Waals surface area contributed by atoms with Gasteiger partial charge >= 0.3 is 5.69 Å². The van der Waals surface area contributed by atoms with E-state index in [1.165, 1.54) is 9.36 Å². The molecule has 0 atom stereocenters. The first kappa shape index (κ1) is 23.1. The van der Waals surface area contributed by atoms with Gasteiger partial charge in [-0.05, 0) is 29.5 Å². The van der Waals surface area contributed by atoms with Crippen molar-refractivity contribution < 1.29 is 14.2 Å². The second-order valence-electron chi connectivity index (χ2n) is 8.10. The minimum atomic E-state index is -0.572. The third-order valence-corrected chi connectivity index (χ3v) is 6.14. The maximum Gasteiger partial charge on any atom is 0.363 e. The van der Waals surface area contributed by atoms with Crippen LogP contribution in [0.25, 0.3) is 0 Å². The van der Waals surface area contributed by atoms with E-state index < -0.39 is 10.2 Å². The van der Waals surface area contributed by atoms with Gasteiger partial charge in [-0.25, -0.2) is 4.79 Å². The first-order valence-electron chi connectivity index (χ1n) is 10.8. The Labute approximate surface area is 182 Å². The number of piperidine rings is 1. The second kappa shape index (κ2) is 9.71. The van der Waals surface area contributed by atoms with Gasteiger partial charge in [-0.1, -0.05) is 25.1 Å². The molecule has 1 amide bonds. The minimum absolute atomic E-state index is 0.0110. The van der Waals surface area contributed by atoms with Crippen molar-refractivity contribution in [3.8, 4) is 0 Å². The normalized spacial score (nSPS) is 23.6. The molecule has 170 valence electrons. The lowest BCUT2D eigenvalue weighted by Gasteiger charge is -2.54. The molecule has 2 aromatic rings. The molecule has 1 fully saturated rings. The summed E-state index contributed by atoms with van der Waals surface area (Å²) in [6.45, 7) is 5.58. The van der Waals surface area contributed by atoms with Gasteiger partial charge in [-0.2, -0.15) is 9.36 Å². The van der Waals surface area contributed by atoms with E-state index in [0.717, 1.165) is 5.69 Å². The number of rotatable bonds is 9. The summed E-state index contributed by atoms with van der Waals surface area (Å²) in [5.74, 6) is 0.0110. The van der Waals surface area contributed by atoms with E-state index in [2.05, 4.69) is 10.4 Å². The topological polar surface area (TPSA) is 105 Å². The Balaban J connectivity index is 1.77. The molecule has 3 rings (SSSR count). The van der Waals surface area contributed by atoms with Gasteiger partial charge in [0.15, 0.2) is 0 Å². The molecule has 0 radical (unpaired) electrons. The monoisotopic (exact) mass is 432 g/mol. The average molecular weight is 433 g/mol. The number of methoxy groups -OCH3 is 1. The van der Waals surface area contributed by atoms with Gasteiger partial charge in [-0.15, -0.1) is 0 Å². The number of hydrogen-bond donors (Lipinski definition) is 0. The van der Waals surface area contributed by atoms with Gasteiger partial charge in [0.05, 0.1) is 38.3 Å². The van der Waals surface area contributed by atoms with Crippen molar-refractivity contribution in [1.29, 1.82) is 0 Å². The van der Waals surface area contributed by atoms with E-state index >= 15 is 0 Å². The Morgan fingerprint density at radius 3 is 2.39 bits per heavy atom. The molecule has 1 aromatic carbocycles. The van der Waals surface area contributed by atoms with Crippen LogP contribution in [0, 0.1) is 5.21 Å². The number of anilines is 1. The van der Waals surface area contributed by atoms with Crippen molar-refractivity contribution in [3.05, 3.63) is 46.0 Å². The average Bonchev–Trinajstić information content (AvgIpc) is 3.15. The standard InChI is InChI=1S/C21H32N6O4/c1-4-19(28)26(18-9-7-6-8-10-18)21(17-31-3)11-14-27(30,15-12-21)16-13-25-20(29)24(5-2)22-23-25/h6-10H,4-5,11-17H2,1-3H3. The molecule has 0 unspecified atom stereocenters. The van der Waals surface area contributed by atoms with E-state index in [-0.39, 0.29) is 24.7 Å². The first-order valence-corrected chi connectivity index (χ1v) is 10.8. The lowest BCUT2D eigenvalue weighted by Crippen LogP contribution is -2.64. The Morgan fingerprint density at radius 2 is 1.84 bits per heavy atom. The summed E-state index contributed by atoms with van der Waals surface area (Å²) < 4.78 is 7.62. The highest BCUT2D eigenvalue weighted by molar-refractivity contribution is 5.94. The van der Waals surface area contributed by atoms with Crippen LogP contribution in [0.3, 0.4) is 0 Å². The lowest BCUT2D eigenvalue weighted by atomic mass is 9.85. The lowest BCUT2D eigenvalue weighted by molar-refractivity contribution is -0.887. The maximum absolute atomic E-state index is 13.4. The number of aromatic nitrogens is 4. The minimum Gasteiger partial charge on any atom is -0.633 e. The van der Waals surface area contributed by atoms with Crippen molar-refractivity contribution >= 4 is 11.6 Å². The number of aryl methyl sites for hydroxylation is 1. The number of tetrazole rings is 1. The van der Waals surface area contributed by atoms with E-state index in [4.69, 9.17) is 4.74 Å². The zero-order valence-electron chi connectivity index (χ0n) is 18.6. The van der Waals surface area contributed by atoms with Crippen LogP contribution in [-0.2, 0) is 22.6 Å². The molecule has 1 aliphatic rings. The smallest absolute Gasteiger partial charge is 0.363 e. The van der Waals surface area contributed by atoms with Gasteiger partial charge in [0.1, 0.15) is 0 Å². The molecule has 0 spiro atoms. The Hall–Kier alpha value is -2.56. The Bertz CT molecular complexity index is 917. The fourth-order valence-corrected chi connectivity index (χ4v) is 4.33. The molecule has 1 saturated heterocycles. The van der Waals surface area contributed by atoms with Crippen LogP contribution in [0.15, 0.2) is 35.1 Å². The molecular weight excluding hydrogens is 400 g/mol. The van der Waals surface area contributed by atoms with Crippen molar-refractivity contribution in [1.82, 2.24) is 19.8 Å². The van der Waals surface area contributed by atoms with Crippen molar-refractivity contribution in [2.75, 3.05) is 38.3 Å². The SMILES string of the molecule is CCC(=O)N(c1ccccc1)C1(COC)CC[N+]([O-])(CCn2nnn(CC)c2=O)CC1. The van der Waals surface area contributed by atoms with E-state index in [1.807, 2.05) is 49.1 Å². The summed E-state index contributed by atoms with van der Waals surface area (Å²) in [5.41, 5.74) is -0.0546. The summed E-state index contributed by atoms with van der Waals surface area (Å²) in [4.78, 5) is 26.9. The first-order chi connectivity index (χ1) is 14.9. The molecule has 31 heavy (non-hydrogen) atoms. The van der Waals surface area contributed by atoms with E-state index in [9.17, 15) is 14.8 Å². The molecule has 0 N–H and O–H groups in total. The molecule has 1 aliphatic heterocycles. The highest BCUT2D eigenvalue weighted by Crippen LogP contribution is 2.36. The number of carbonyl (C=O) groups excluding carboxylic acids is 1. The summed E-state index contributed by atoms with van der Waals surface area (Å²) in [5, 5.41) is 21.1. The number of likely N-dealkylation sites (tertiary alicyclic amines) is 1. The van der Waals surface area contributed by atoms with Crippen LogP contribution < -0.4 is 10.6 Å². The van der Waals surface area contributed by atoms with Gasteiger partial charge in [0, 0.05) is 38.6 Å². The molecule has 0 bridgehead atoms. The van der Waals surface area contributed by atoms with Gasteiger partial charge in [0.2, 0.25) is 5.91 Å². The van der Waals surface area contributed by atoms with Gasteiger partial charge in [-0.3, -0.25) is 4.79 Å². The van der Waals surface area contributed by atoms with Gasteiger partial charge in [0.25, 0.3) is 0 Å². The van der Waals surface area contributed by atoms with Crippen molar-refractivity contribution in [2.45, 2.75) is 51.7 Å². The van der Waals surface area contributed by atoms with Crippen molar-refractivity contribution in [3.63, 3.8) is 0 Å². The fraction of sp³-hybridized carbons (Fsp3) is 0.619. The third-order valence-electron chi connectivity index (χ3n) is 6.14. The number of nitrogens with zero attached hydrogens (tertiary/aromatic N) is 6. The highest BCUT2D eigenvalue weighted by Gasteiger charge is 2.46. The number of para-hydroxylation sites is 1. The number of ether oxygens (including phenoxy) is 1. The zero-order chi connectivity index (χ0) is 22.5. The highest BCUT2D eigenvalue weighted by atomic mass is 16.5. The quantitative estimate of drug-likeness (QED) is 0.438. The maximum atomic E-state index is 13.4. The Morgan fingerprint density at radius 1 is 1.19 bits per heavy atom. The van der Waals surface area contributed by atoms with Crippen LogP contribution in [-0.4, -0.2) is 69.2 Å². The Kier molecular flexibility index (Phi) is 7.24. The fourth-order valence-electron chi connectivity index (χ4n) is 4.33.